The van der Waals surface area contributed by atoms with Gasteiger partial charge in [-0.1, -0.05) is 129 Å². The van der Waals surface area contributed by atoms with Crippen molar-refractivity contribution >= 4 is 0 Å². The van der Waals surface area contributed by atoms with Crippen molar-refractivity contribution in [3.05, 3.63) is 119 Å². The van der Waals surface area contributed by atoms with Crippen LogP contribution in [0.4, 0.5) is 0 Å². The van der Waals surface area contributed by atoms with Gasteiger partial charge in [0.15, 0.2) is 0 Å². The van der Waals surface area contributed by atoms with Crippen molar-refractivity contribution in [3.63, 3.8) is 0 Å². The molecule has 1 fully saturated rings. The third-order valence-corrected chi connectivity index (χ3v) is 16.9. The van der Waals surface area contributed by atoms with Gasteiger partial charge in [-0.25, -0.2) is 0 Å². The van der Waals surface area contributed by atoms with Crippen LogP contribution < -0.4 is 11.1 Å². The molecule has 1 saturated carbocycles. The molecule has 0 spiro atoms. The van der Waals surface area contributed by atoms with Crippen LogP contribution in [0.15, 0.2) is 119 Å². The molecular formula is C56H80N2. The van der Waals surface area contributed by atoms with Gasteiger partial charge in [-0.05, 0) is 199 Å². The van der Waals surface area contributed by atoms with Crippen LogP contribution >= 0.6 is 0 Å². The number of hydrogen-bond donors (Lipinski definition) is 2. The number of unbranched alkanes of at least 4 members (excludes halogenated alkanes) is 1. The van der Waals surface area contributed by atoms with Crippen LogP contribution in [0.3, 0.4) is 0 Å². The predicted molar refractivity (Wildman–Crippen MR) is 249 cm³/mol. The maximum absolute atomic E-state index is 6.78. The second-order valence-electron chi connectivity index (χ2n) is 20.6. The number of nitrogens with two attached hydrogens (primary N) is 1. The molecule has 0 radical (unpaired) electrons. The van der Waals surface area contributed by atoms with Gasteiger partial charge in [0, 0.05) is 17.8 Å². The molecule has 8 aliphatic rings. The molecule has 3 N–H and O–H groups in total. The Bertz CT molecular complexity index is 1700. The second-order valence-corrected chi connectivity index (χ2v) is 20.6. The van der Waals surface area contributed by atoms with Crippen molar-refractivity contribution in [2.75, 3.05) is 0 Å². The number of nitrogens with one attached hydrogen (secondary N) is 1. The topological polar surface area (TPSA) is 38.0 Å². The number of fused-ring (bicyclic) bond motifs is 2. The molecule has 0 aromatic rings. The molecular weight excluding hydrogens is 701 g/mol. The molecule has 0 bridgehead atoms. The maximum Gasteiger partial charge on any atom is 0.0294 e. The monoisotopic (exact) mass is 781 g/mol. The lowest BCUT2D eigenvalue weighted by Gasteiger charge is -2.51. The van der Waals surface area contributed by atoms with Crippen molar-refractivity contribution in [3.8, 4) is 0 Å². The Kier molecular flexibility index (Phi) is 14.5. The van der Waals surface area contributed by atoms with Crippen molar-refractivity contribution in [2.45, 2.75) is 161 Å². The highest BCUT2D eigenvalue weighted by molar-refractivity contribution is 5.43. The lowest BCUT2D eigenvalue weighted by atomic mass is 9.53. The Morgan fingerprint density at radius 2 is 1.45 bits per heavy atom. The molecule has 8 aliphatic carbocycles. The third-order valence-electron chi connectivity index (χ3n) is 16.9. The van der Waals surface area contributed by atoms with E-state index in [9.17, 15) is 0 Å². The SMILES string of the molecule is CC1=CC=C(C(N)CCCCC(CCC(C)C2C=CC(C3C=CC(C4C=CCCC4)C4CCCCC34)C3CCC=CC23)C(C)NC2=CC3=C(CCC=C3)CC2)C=CC1. The summed E-state index contributed by atoms with van der Waals surface area (Å²) in [7, 11) is 0. The van der Waals surface area contributed by atoms with E-state index in [1.807, 2.05) is 0 Å². The van der Waals surface area contributed by atoms with Crippen LogP contribution in [0.1, 0.15) is 149 Å². The summed E-state index contributed by atoms with van der Waals surface area (Å²) in [6.07, 6.45) is 63.7. The smallest absolute Gasteiger partial charge is 0.0294 e. The lowest BCUT2D eigenvalue weighted by molar-refractivity contribution is 0.0542. The van der Waals surface area contributed by atoms with Crippen LogP contribution in [0.25, 0.3) is 0 Å². The summed E-state index contributed by atoms with van der Waals surface area (Å²) < 4.78 is 0. The second kappa shape index (κ2) is 20.1. The zero-order valence-corrected chi connectivity index (χ0v) is 36.9. The molecule has 2 heteroatoms. The maximum atomic E-state index is 6.78. The summed E-state index contributed by atoms with van der Waals surface area (Å²) in [6.45, 7) is 7.32. The van der Waals surface area contributed by atoms with Gasteiger partial charge in [0.05, 0.1) is 0 Å². The van der Waals surface area contributed by atoms with Crippen molar-refractivity contribution in [2.24, 2.45) is 70.8 Å². The summed E-state index contributed by atoms with van der Waals surface area (Å²) >= 11 is 0. The highest BCUT2D eigenvalue weighted by Crippen LogP contribution is 2.55. The van der Waals surface area contributed by atoms with E-state index in [4.69, 9.17) is 5.73 Å². The Morgan fingerprint density at radius 3 is 2.31 bits per heavy atom. The van der Waals surface area contributed by atoms with E-state index in [2.05, 4.69) is 117 Å². The van der Waals surface area contributed by atoms with E-state index in [0.29, 0.717) is 35.6 Å². The van der Waals surface area contributed by atoms with Crippen LogP contribution in [0.5, 0.6) is 0 Å². The zero-order chi connectivity index (χ0) is 39.8. The van der Waals surface area contributed by atoms with Crippen molar-refractivity contribution < 1.29 is 0 Å². The fourth-order valence-corrected chi connectivity index (χ4v) is 13.4. The Morgan fingerprint density at radius 1 is 0.655 bits per heavy atom. The van der Waals surface area contributed by atoms with Crippen LogP contribution in [0.2, 0.25) is 0 Å². The van der Waals surface area contributed by atoms with Gasteiger partial charge in [-0.2, -0.15) is 0 Å². The number of rotatable bonds is 15. The molecule has 13 unspecified atom stereocenters. The zero-order valence-electron chi connectivity index (χ0n) is 36.9. The first kappa shape index (κ1) is 41.9. The van der Waals surface area contributed by atoms with Crippen molar-refractivity contribution in [1.29, 1.82) is 0 Å². The summed E-state index contributed by atoms with van der Waals surface area (Å²) in [4.78, 5) is 0. The fraction of sp³-hybridized carbons (Fsp3) is 0.643. The highest BCUT2D eigenvalue weighted by atomic mass is 14.9. The summed E-state index contributed by atoms with van der Waals surface area (Å²) in [5, 5.41) is 4.11. The summed E-state index contributed by atoms with van der Waals surface area (Å²) in [6, 6.07) is 0.610. The number of allylic oxidation sites excluding steroid dienone is 18. The van der Waals surface area contributed by atoms with Gasteiger partial charge in [-0.15, -0.1) is 0 Å². The average molecular weight is 781 g/mol. The highest BCUT2D eigenvalue weighted by Gasteiger charge is 2.47. The van der Waals surface area contributed by atoms with E-state index < -0.39 is 0 Å². The molecule has 0 aliphatic heterocycles. The minimum Gasteiger partial charge on any atom is -0.386 e. The molecule has 58 heavy (non-hydrogen) atoms. The Hall–Kier alpha value is -2.84. The first-order chi connectivity index (χ1) is 28.4. The van der Waals surface area contributed by atoms with Crippen LogP contribution in [-0.2, 0) is 0 Å². The van der Waals surface area contributed by atoms with E-state index in [1.54, 1.807) is 5.57 Å². The molecule has 0 aromatic heterocycles. The summed E-state index contributed by atoms with van der Waals surface area (Å²) in [5.74, 6) is 8.35. The molecule has 0 saturated heterocycles. The van der Waals surface area contributed by atoms with E-state index >= 15 is 0 Å². The van der Waals surface area contributed by atoms with Gasteiger partial charge in [0.25, 0.3) is 0 Å². The minimum atomic E-state index is 0.132. The van der Waals surface area contributed by atoms with Crippen LogP contribution in [-0.4, -0.2) is 12.1 Å². The normalized spacial score (nSPS) is 35.1. The van der Waals surface area contributed by atoms with Gasteiger partial charge < -0.3 is 11.1 Å². The Balaban J connectivity index is 0.933. The van der Waals surface area contributed by atoms with Crippen LogP contribution in [0, 0.1) is 65.1 Å². The van der Waals surface area contributed by atoms with Gasteiger partial charge in [0.1, 0.15) is 0 Å². The first-order valence-electron chi connectivity index (χ1n) is 24.8. The minimum absolute atomic E-state index is 0.132. The predicted octanol–water partition coefficient (Wildman–Crippen LogP) is 14.4. The number of hydrogen-bond acceptors (Lipinski definition) is 2. The molecule has 0 aromatic carbocycles. The quantitative estimate of drug-likeness (QED) is 0.128. The van der Waals surface area contributed by atoms with E-state index in [-0.39, 0.29) is 6.04 Å². The average Bonchev–Trinajstić information content (AvgIpc) is 3.49. The van der Waals surface area contributed by atoms with Gasteiger partial charge in [0.2, 0.25) is 0 Å². The van der Waals surface area contributed by atoms with Crippen molar-refractivity contribution in [1.82, 2.24) is 5.32 Å². The molecule has 13 atom stereocenters. The van der Waals surface area contributed by atoms with E-state index in [0.717, 1.165) is 48.3 Å². The molecule has 0 amide bonds. The first-order valence-corrected chi connectivity index (χ1v) is 24.8. The molecule has 2 nitrogen and oxygen atoms in total. The van der Waals surface area contributed by atoms with Gasteiger partial charge in [-0.3, -0.25) is 0 Å². The lowest BCUT2D eigenvalue weighted by Crippen LogP contribution is -2.44. The molecule has 314 valence electrons. The molecule has 0 heterocycles. The summed E-state index contributed by atoms with van der Waals surface area (Å²) in [5.41, 5.74) is 14.1. The Labute approximate surface area is 355 Å². The fourth-order valence-electron chi connectivity index (χ4n) is 13.4. The third kappa shape index (κ3) is 10.0. The largest absolute Gasteiger partial charge is 0.386 e. The molecule has 8 rings (SSSR count). The van der Waals surface area contributed by atoms with E-state index in [1.165, 1.54) is 138 Å². The van der Waals surface area contributed by atoms with Gasteiger partial charge >= 0.3 is 0 Å². The standard InChI is InChI=1S/C56H80N2/c1-39-16-15-22-45(30-28-39)56(57)27-14-9-17-42(41(3)58-47-33-32-43-18-7-8-21-46(43)38-47)31-29-40(2)48-34-36-54(52-25-12-10-23-50(48)52)55-37-35-49(44-19-5-4-6-20-44)51-24-11-13-26-53(51)55/h5,8,10,15,19,21-23,28,30,34-38,40-42,44,48-56,58H,4,6-7,9,11-14,16-18,20,24-27,29,31-33,57H2,1-3H3.